The standard InChI is InChI=1S/C14H18BrN3/c1-2-10-16-9(15)6-11(17-10)18-14-12-7-3-4-8(5-7)13(12)14/h6-8,12-14H,2-5H2,1H3,(H,16,17,18). The van der Waals surface area contributed by atoms with Crippen LogP contribution in [0.2, 0.25) is 0 Å². The van der Waals surface area contributed by atoms with Crippen LogP contribution in [0.15, 0.2) is 10.7 Å². The number of rotatable bonds is 3. The second-order valence-electron chi connectivity index (χ2n) is 6.00. The molecule has 4 rings (SSSR count). The number of fused-ring (bicyclic) bond motifs is 5. The molecule has 0 aromatic carbocycles. The molecular formula is C14H18BrN3. The molecule has 3 nitrogen and oxygen atoms in total. The third kappa shape index (κ3) is 1.61. The number of aromatic nitrogens is 2. The first-order chi connectivity index (χ1) is 8.76. The van der Waals surface area contributed by atoms with E-state index in [1.54, 1.807) is 0 Å². The van der Waals surface area contributed by atoms with Crippen molar-refractivity contribution in [3.8, 4) is 0 Å². The topological polar surface area (TPSA) is 37.8 Å². The minimum absolute atomic E-state index is 0.697. The van der Waals surface area contributed by atoms with Gasteiger partial charge in [0.25, 0.3) is 0 Å². The average molecular weight is 308 g/mol. The number of aryl methyl sites for hydroxylation is 1. The summed E-state index contributed by atoms with van der Waals surface area (Å²) in [4.78, 5) is 8.94. The van der Waals surface area contributed by atoms with Gasteiger partial charge in [0.15, 0.2) is 0 Å². The van der Waals surface area contributed by atoms with Gasteiger partial charge in [0.05, 0.1) is 0 Å². The van der Waals surface area contributed by atoms with E-state index < -0.39 is 0 Å². The van der Waals surface area contributed by atoms with Crippen LogP contribution in [-0.4, -0.2) is 16.0 Å². The molecule has 4 heteroatoms. The molecule has 1 heterocycles. The van der Waals surface area contributed by atoms with E-state index in [0.717, 1.165) is 46.3 Å². The highest BCUT2D eigenvalue weighted by Gasteiger charge is 2.65. The van der Waals surface area contributed by atoms with Crippen LogP contribution >= 0.6 is 15.9 Å². The summed E-state index contributed by atoms with van der Waals surface area (Å²) < 4.78 is 0.894. The van der Waals surface area contributed by atoms with Crippen LogP contribution in [0, 0.1) is 23.7 Å². The first-order valence-corrected chi connectivity index (χ1v) is 7.85. The van der Waals surface area contributed by atoms with Gasteiger partial charge in [-0.1, -0.05) is 6.92 Å². The van der Waals surface area contributed by atoms with E-state index in [1.807, 2.05) is 6.07 Å². The van der Waals surface area contributed by atoms with Crippen LogP contribution in [-0.2, 0) is 6.42 Å². The lowest BCUT2D eigenvalue weighted by atomic mass is 10.0. The molecule has 1 N–H and O–H groups in total. The zero-order chi connectivity index (χ0) is 12.3. The van der Waals surface area contributed by atoms with Crippen molar-refractivity contribution in [2.45, 2.75) is 38.6 Å². The van der Waals surface area contributed by atoms with E-state index in [0.29, 0.717) is 6.04 Å². The van der Waals surface area contributed by atoms with Gasteiger partial charge in [-0.05, 0) is 58.9 Å². The summed E-state index contributed by atoms with van der Waals surface area (Å²) in [5.41, 5.74) is 0. The Balaban J connectivity index is 1.51. The fourth-order valence-electron chi connectivity index (χ4n) is 4.39. The number of nitrogens with one attached hydrogen (secondary N) is 1. The van der Waals surface area contributed by atoms with Crippen molar-refractivity contribution in [1.29, 1.82) is 0 Å². The fourth-order valence-corrected chi connectivity index (χ4v) is 4.81. The van der Waals surface area contributed by atoms with Crippen LogP contribution in [0.4, 0.5) is 5.82 Å². The normalized spacial score (nSPS) is 39.8. The van der Waals surface area contributed by atoms with Crippen molar-refractivity contribution in [1.82, 2.24) is 9.97 Å². The van der Waals surface area contributed by atoms with E-state index in [-0.39, 0.29) is 0 Å². The average Bonchev–Trinajstić information content (AvgIpc) is 2.76. The lowest BCUT2D eigenvalue weighted by Crippen LogP contribution is -2.14. The molecule has 18 heavy (non-hydrogen) atoms. The second kappa shape index (κ2) is 3.92. The molecule has 3 aliphatic rings. The predicted octanol–water partition coefficient (Wildman–Crippen LogP) is 3.26. The number of halogens is 1. The van der Waals surface area contributed by atoms with Gasteiger partial charge < -0.3 is 5.32 Å². The summed E-state index contributed by atoms with van der Waals surface area (Å²) in [6.07, 6.45) is 5.33. The smallest absolute Gasteiger partial charge is 0.131 e. The van der Waals surface area contributed by atoms with Crippen LogP contribution in [0.5, 0.6) is 0 Å². The Kier molecular flexibility index (Phi) is 2.44. The van der Waals surface area contributed by atoms with Crippen molar-refractivity contribution >= 4 is 21.7 Å². The first-order valence-electron chi connectivity index (χ1n) is 7.06. The third-order valence-corrected chi connectivity index (χ3v) is 5.51. The Morgan fingerprint density at radius 1 is 1.28 bits per heavy atom. The Morgan fingerprint density at radius 2 is 2.00 bits per heavy atom. The van der Waals surface area contributed by atoms with Crippen molar-refractivity contribution in [3.05, 3.63) is 16.5 Å². The molecular weight excluding hydrogens is 290 g/mol. The van der Waals surface area contributed by atoms with Gasteiger partial charge in [-0.15, -0.1) is 0 Å². The largest absolute Gasteiger partial charge is 0.367 e. The zero-order valence-corrected chi connectivity index (χ0v) is 12.2. The van der Waals surface area contributed by atoms with E-state index in [9.17, 15) is 0 Å². The monoisotopic (exact) mass is 307 g/mol. The van der Waals surface area contributed by atoms with Gasteiger partial charge in [-0.2, -0.15) is 0 Å². The molecule has 0 spiro atoms. The molecule has 2 bridgehead atoms. The fraction of sp³-hybridized carbons (Fsp3) is 0.714. The van der Waals surface area contributed by atoms with E-state index in [1.165, 1.54) is 19.3 Å². The highest BCUT2D eigenvalue weighted by Crippen LogP contribution is 2.66. The van der Waals surface area contributed by atoms with Crippen molar-refractivity contribution in [2.75, 3.05) is 5.32 Å². The van der Waals surface area contributed by atoms with Gasteiger partial charge in [-0.3, -0.25) is 0 Å². The minimum Gasteiger partial charge on any atom is -0.367 e. The Labute approximate surface area is 116 Å². The van der Waals surface area contributed by atoms with Crippen LogP contribution in [0.25, 0.3) is 0 Å². The molecule has 0 aliphatic heterocycles. The molecule has 4 atom stereocenters. The van der Waals surface area contributed by atoms with Gasteiger partial charge in [0, 0.05) is 18.5 Å². The van der Waals surface area contributed by atoms with E-state index >= 15 is 0 Å². The van der Waals surface area contributed by atoms with E-state index in [2.05, 4.69) is 38.1 Å². The van der Waals surface area contributed by atoms with Crippen molar-refractivity contribution < 1.29 is 0 Å². The number of nitrogens with zero attached hydrogens (tertiary/aromatic N) is 2. The number of hydrogen-bond donors (Lipinski definition) is 1. The summed E-state index contributed by atoms with van der Waals surface area (Å²) in [6, 6.07) is 2.71. The molecule has 4 unspecified atom stereocenters. The predicted molar refractivity (Wildman–Crippen MR) is 74.3 cm³/mol. The van der Waals surface area contributed by atoms with Gasteiger partial charge >= 0.3 is 0 Å². The Morgan fingerprint density at radius 3 is 2.67 bits per heavy atom. The third-order valence-electron chi connectivity index (χ3n) is 5.11. The quantitative estimate of drug-likeness (QED) is 0.871. The Bertz CT molecular complexity index is 474. The molecule has 3 fully saturated rings. The SMILES string of the molecule is CCc1nc(Br)cc(NC2C3C4CCC(C4)C23)n1. The van der Waals surface area contributed by atoms with Crippen molar-refractivity contribution in [2.24, 2.45) is 23.7 Å². The molecule has 1 aromatic rings. The first kappa shape index (κ1) is 11.2. The summed E-state index contributed by atoms with van der Waals surface area (Å²) in [5, 5.41) is 3.65. The highest BCUT2D eigenvalue weighted by molar-refractivity contribution is 9.10. The minimum atomic E-state index is 0.697. The highest BCUT2D eigenvalue weighted by atomic mass is 79.9. The van der Waals surface area contributed by atoms with Gasteiger partial charge in [0.2, 0.25) is 0 Å². The van der Waals surface area contributed by atoms with Crippen LogP contribution < -0.4 is 5.32 Å². The second-order valence-corrected chi connectivity index (χ2v) is 6.82. The molecule has 0 amide bonds. The van der Waals surface area contributed by atoms with Gasteiger partial charge in [0.1, 0.15) is 16.2 Å². The summed E-state index contributed by atoms with van der Waals surface area (Å²) in [5.74, 6) is 5.83. The maximum Gasteiger partial charge on any atom is 0.131 e. The van der Waals surface area contributed by atoms with E-state index in [4.69, 9.17) is 0 Å². The van der Waals surface area contributed by atoms with Crippen LogP contribution in [0.3, 0.4) is 0 Å². The summed E-state index contributed by atoms with van der Waals surface area (Å²) in [6.45, 7) is 2.09. The number of hydrogen-bond acceptors (Lipinski definition) is 3. The molecule has 0 radical (unpaired) electrons. The lowest BCUT2D eigenvalue weighted by Gasteiger charge is -2.11. The van der Waals surface area contributed by atoms with Crippen LogP contribution in [0.1, 0.15) is 32.0 Å². The number of anilines is 1. The molecule has 3 saturated carbocycles. The molecule has 3 aliphatic carbocycles. The summed E-state index contributed by atoms with van der Waals surface area (Å²) >= 11 is 3.47. The van der Waals surface area contributed by atoms with Crippen molar-refractivity contribution in [3.63, 3.8) is 0 Å². The maximum atomic E-state index is 4.58. The molecule has 1 aromatic heterocycles. The summed E-state index contributed by atoms with van der Waals surface area (Å²) in [7, 11) is 0. The molecule has 96 valence electrons. The molecule has 0 saturated heterocycles. The van der Waals surface area contributed by atoms with Gasteiger partial charge in [-0.25, -0.2) is 9.97 Å². The zero-order valence-electron chi connectivity index (χ0n) is 10.6. The Hall–Kier alpha value is -0.640. The maximum absolute atomic E-state index is 4.58. The lowest BCUT2D eigenvalue weighted by molar-refractivity contribution is 0.456.